The number of nitrogens with one attached hydrogen (secondary N) is 1. The van der Waals surface area contributed by atoms with Gasteiger partial charge in [-0.15, -0.1) is 0 Å². The number of thioether (sulfide) groups is 1. The van der Waals surface area contributed by atoms with E-state index in [2.05, 4.69) is 33.9 Å². The Morgan fingerprint density at radius 1 is 1.44 bits per heavy atom. The first kappa shape index (κ1) is 14.9. The highest BCUT2D eigenvalue weighted by Gasteiger charge is 2.03. The number of ether oxygens (including phenoxy) is 1. The molecule has 1 heterocycles. The minimum absolute atomic E-state index is 0.208. The van der Waals surface area contributed by atoms with Crippen molar-refractivity contribution in [2.24, 2.45) is 0 Å². The first-order chi connectivity index (χ1) is 8.61. The summed E-state index contributed by atoms with van der Waals surface area (Å²) >= 11 is 1.45. The number of esters is 1. The predicted octanol–water partition coefficient (Wildman–Crippen LogP) is 1.63. The van der Waals surface area contributed by atoms with Crippen LogP contribution in [0.5, 0.6) is 0 Å². The van der Waals surface area contributed by atoms with Gasteiger partial charge in [-0.2, -0.15) is 0 Å². The standard InChI is InChI=1S/C12H19N3O2S/c1-9(2)13-6-10-7-14-12(15-8-10)18-5-4-11(16)17-3/h7-9,13H,4-6H2,1-3H3. The molecule has 1 aromatic rings. The van der Waals surface area contributed by atoms with Gasteiger partial charge in [-0.25, -0.2) is 9.97 Å². The van der Waals surface area contributed by atoms with Gasteiger partial charge in [0.15, 0.2) is 5.16 Å². The lowest BCUT2D eigenvalue weighted by Crippen LogP contribution is -2.21. The molecule has 1 N–H and O–H groups in total. The summed E-state index contributed by atoms with van der Waals surface area (Å²) in [5, 5.41) is 3.99. The molecule has 1 aromatic heterocycles. The average Bonchev–Trinajstić information content (AvgIpc) is 2.37. The van der Waals surface area contributed by atoms with E-state index in [1.165, 1.54) is 18.9 Å². The molecule has 6 heteroatoms. The van der Waals surface area contributed by atoms with Crippen molar-refractivity contribution in [3.8, 4) is 0 Å². The average molecular weight is 269 g/mol. The molecule has 0 unspecified atom stereocenters. The van der Waals surface area contributed by atoms with Crippen molar-refractivity contribution in [3.63, 3.8) is 0 Å². The molecule has 18 heavy (non-hydrogen) atoms. The van der Waals surface area contributed by atoms with E-state index in [-0.39, 0.29) is 5.97 Å². The molecule has 100 valence electrons. The van der Waals surface area contributed by atoms with E-state index in [1.54, 1.807) is 0 Å². The van der Waals surface area contributed by atoms with Crippen molar-refractivity contribution in [1.82, 2.24) is 15.3 Å². The Kier molecular flexibility index (Phi) is 6.67. The Morgan fingerprint density at radius 2 is 2.11 bits per heavy atom. The Morgan fingerprint density at radius 3 is 2.67 bits per heavy atom. The van der Waals surface area contributed by atoms with Crippen LogP contribution in [0.4, 0.5) is 0 Å². The molecular weight excluding hydrogens is 250 g/mol. The van der Waals surface area contributed by atoms with E-state index in [0.717, 1.165) is 12.1 Å². The minimum atomic E-state index is -0.208. The topological polar surface area (TPSA) is 64.1 Å². The third-order valence-electron chi connectivity index (χ3n) is 2.16. The van der Waals surface area contributed by atoms with Crippen LogP contribution in [0, 0.1) is 0 Å². The van der Waals surface area contributed by atoms with Gasteiger partial charge >= 0.3 is 5.97 Å². The monoisotopic (exact) mass is 269 g/mol. The van der Waals surface area contributed by atoms with Crippen molar-refractivity contribution in [3.05, 3.63) is 18.0 Å². The van der Waals surface area contributed by atoms with Crippen molar-refractivity contribution in [2.45, 2.75) is 38.0 Å². The van der Waals surface area contributed by atoms with Crippen LogP contribution in [-0.4, -0.2) is 34.8 Å². The highest BCUT2D eigenvalue weighted by Crippen LogP contribution is 2.13. The van der Waals surface area contributed by atoms with Gasteiger partial charge in [-0.1, -0.05) is 25.6 Å². The van der Waals surface area contributed by atoms with Gasteiger partial charge in [0.2, 0.25) is 0 Å². The molecule has 0 saturated carbocycles. The number of hydrogen-bond acceptors (Lipinski definition) is 6. The maximum Gasteiger partial charge on any atom is 0.306 e. The van der Waals surface area contributed by atoms with E-state index in [0.29, 0.717) is 23.4 Å². The summed E-state index contributed by atoms with van der Waals surface area (Å²) in [5.41, 5.74) is 1.06. The molecule has 0 aromatic carbocycles. The number of carbonyl (C=O) groups excluding carboxylic acids is 1. The van der Waals surface area contributed by atoms with E-state index < -0.39 is 0 Å². The van der Waals surface area contributed by atoms with Crippen LogP contribution in [0.3, 0.4) is 0 Å². The van der Waals surface area contributed by atoms with Crippen molar-refractivity contribution in [1.29, 1.82) is 0 Å². The summed E-state index contributed by atoms with van der Waals surface area (Å²) in [7, 11) is 1.39. The van der Waals surface area contributed by atoms with Gasteiger partial charge in [-0.3, -0.25) is 4.79 Å². The number of rotatable bonds is 7. The lowest BCUT2D eigenvalue weighted by molar-refractivity contribution is -0.140. The molecule has 5 nitrogen and oxygen atoms in total. The fourth-order valence-electron chi connectivity index (χ4n) is 1.16. The van der Waals surface area contributed by atoms with Crippen molar-refractivity contribution < 1.29 is 9.53 Å². The van der Waals surface area contributed by atoms with E-state index in [9.17, 15) is 4.79 Å². The van der Waals surface area contributed by atoms with E-state index in [4.69, 9.17) is 0 Å². The summed E-state index contributed by atoms with van der Waals surface area (Å²) in [5.74, 6) is 0.427. The predicted molar refractivity (Wildman–Crippen MR) is 71.4 cm³/mol. The third kappa shape index (κ3) is 5.97. The summed E-state index contributed by atoms with van der Waals surface area (Å²) < 4.78 is 4.56. The van der Waals surface area contributed by atoms with Crippen LogP contribution >= 0.6 is 11.8 Å². The molecule has 1 rings (SSSR count). The van der Waals surface area contributed by atoms with Crippen LogP contribution in [0.25, 0.3) is 0 Å². The van der Waals surface area contributed by atoms with Gasteiger partial charge in [-0.05, 0) is 0 Å². The quantitative estimate of drug-likeness (QED) is 0.461. The fourth-order valence-corrected chi connectivity index (χ4v) is 1.86. The van der Waals surface area contributed by atoms with Crippen molar-refractivity contribution >= 4 is 17.7 Å². The molecule has 0 saturated heterocycles. The smallest absolute Gasteiger partial charge is 0.306 e. The second-order valence-corrected chi connectivity index (χ2v) is 5.15. The largest absolute Gasteiger partial charge is 0.469 e. The summed E-state index contributed by atoms with van der Waals surface area (Å²) in [4.78, 5) is 19.4. The van der Waals surface area contributed by atoms with E-state index >= 15 is 0 Å². The molecule has 0 radical (unpaired) electrons. The van der Waals surface area contributed by atoms with Crippen LogP contribution < -0.4 is 5.32 Å². The summed E-state index contributed by atoms with van der Waals surface area (Å²) in [6.45, 7) is 4.96. The molecule has 0 aliphatic carbocycles. The van der Waals surface area contributed by atoms with Crippen molar-refractivity contribution in [2.75, 3.05) is 12.9 Å². The zero-order valence-electron chi connectivity index (χ0n) is 11.0. The first-order valence-electron chi connectivity index (χ1n) is 5.85. The van der Waals surface area contributed by atoms with Crippen LogP contribution in [-0.2, 0) is 16.1 Å². The van der Waals surface area contributed by atoms with Gasteiger partial charge in [0, 0.05) is 36.3 Å². The molecule has 0 amide bonds. The summed E-state index contributed by atoms with van der Waals surface area (Å²) in [6.07, 6.45) is 3.99. The number of aromatic nitrogens is 2. The molecular formula is C12H19N3O2S. The highest BCUT2D eigenvalue weighted by molar-refractivity contribution is 7.99. The number of carbonyl (C=O) groups is 1. The first-order valence-corrected chi connectivity index (χ1v) is 6.84. The minimum Gasteiger partial charge on any atom is -0.469 e. The molecule has 0 atom stereocenters. The summed E-state index contributed by atoms with van der Waals surface area (Å²) in [6, 6.07) is 0.444. The van der Waals surface area contributed by atoms with Crippen LogP contribution in [0.2, 0.25) is 0 Å². The maximum absolute atomic E-state index is 10.9. The lowest BCUT2D eigenvalue weighted by Gasteiger charge is -2.07. The second kappa shape index (κ2) is 8.05. The van der Waals surface area contributed by atoms with E-state index in [1.807, 2.05) is 12.4 Å². The zero-order chi connectivity index (χ0) is 13.4. The van der Waals surface area contributed by atoms with Gasteiger partial charge < -0.3 is 10.1 Å². The second-order valence-electron chi connectivity index (χ2n) is 4.08. The molecule has 0 fully saturated rings. The van der Waals surface area contributed by atoms with Gasteiger partial charge in [0.25, 0.3) is 0 Å². The molecule has 0 aliphatic heterocycles. The number of methoxy groups -OCH3 is 1. The third-order valence-corrected chi connectivity index (χ3v) is 3.04. The van der Waals surface area contributed by atoms with Crippen LogP contribution in [0.15, 0.2) is 17.6 Å². The number of nitrogens with zero attached hydrogens (tertiary/aromatic N) is 2. The van der Waals surface area contributed by atoms with Crippen LogP contribution in [0.1, 0.15) is 25.8 Å². The Hall–Kier alpha value is -1.14. The normalized spacial score (nSPS) is 10.7. The maximum atomic E-state index is 10.9. The molecule has 0 bridgehead atoms. The Bertz CT molecular complexity index is 368. The van der Waals surface area contributed by atoms with Gasteiger partial charge in [0.05, 0.1) is 13.5 Å². The molecule has 0 spiro atoms. The Balaban J connectivity index is 2.33. The van der Waals surface area contributed by atoms with Gasteiger partial charge in [0.1, 0.15) is 0 Å². The zero-order valence-corrected chi connectivity index (χ0v) is 11.8. The SMILES string of the molecule is COC(=O)CCSc1ncc(CNC(C)C)cn1. The number of hydrogen-bond donors (Lipinski definition) is 1. The highest BCUT2D eigenvalue weighted by atomic mass is 32.2. The fraction of sp³-hybridized carbons (Fsp3) is 0.583. The lowest BCUT2D eigenvalue weighted by atomic mass is 10.3. The Labute approximate surface area is 112 Å². The molecule has 0 aliphatic rings.